The van der Waals surface area contributed by atoms with Crippen LogP contribution in [0.1, 0.15) is 49.7 Å². The summed E-state index contributed by atoms with van der Waals surface area (Å²) in [5.41, 5.74) is 3.04. The number of nitrogens with one attached hydrogen (secondary N) is 1. The van der Waals surface area contributed by atoms with Crippen LogP contribution in [0.4, 0.5) is 5.69 Å². The van der Waals surface area contributed by atoms with E-state index in [0.717, 1.165) is 27.7 Å². The first-order valence-electron chi connectivity index (χ1n) is 10.1. The quantitative estimate of drug-likeness (QED) is 0.318. The lowest BCUT2D eigenvalue weighted by molar-refractivity contribution is -0.200. The Labute approximate surface area is 183 Å². The van der Waals surface area contributed by atoms with Gasteiger partial charge in [-0.25, -0.2) is 0 Å². The highest BCUT2D eigenvalue weighted by Gasteiger charge is 2.71. The van der Waals surface area contributed by atoms with E-state index in [2.05, 4.69) is 4.98 Å². The van der Waals surface area contributed by atoms with Gasteiger partial charge in [-0.1, -0.05) is 0 Å². The average Bonchev–Trinajstić information content (AvgIpc) is 3.16. The van der Waals surface area contributed by atoms with Gasteiger partial charge in [0.1, 0.15) is 0 Å². The molecule has 4 aliphatic rings. The van der Waals surface area contributed by atoms with Gasteiger partial charge in [-0.05, 0) is 54.3 Å². The van der Waals surface area contributed by atoms with Gasteiger partial charge in [0, 0.05) is 54.8 Å². The van der Waals surface area contributed by atoms with Gasteiger partial charge in [0.15, 0.2) is 5.75 Å². The first-order chi connectivity index (χ1) is 14.2. The Morgan fingerprint density at radius 3 is 2.60 bits per heavy atom. The normalized spacial score (nSPS) is 28.7. The molecule has 158 valence electrons. The zero-order valence-electron chi connectivity index (χ0n) is 16.8. The number of fused-ring (bicyclic) bond motifs is 3. The van der Waals surface area contributed by atoms with Crippen LogP contribution in [0.25, 0.3) is 10.9 Å². The summed E-state index contributed by atoms with van der Waals surface area (Å²) in [4.78, 5) is 41.5. The molecule has 2 aromatic rings. The number of H-pyrrole nitrogens is 1. The number of hydrogen-bond donors (Lipinski definition) is 1. The fourth-order valence-corrected chi connectivity index (χ4v) is 6.37. The number of amides is 1. The van der Waals surface area contributed by atoms with E-state index in [9.17, 15) is 14.4 Å². The summed E-state index contributed by atoms with van der Waals surface area (Å²) < 4.78 is 5.45. The molecule has 30 heavy (non-hydrogen) atoms. The number of ether oxygens (including phenoxy) is 1. The number of esters is 1. The summed E-state index contributed by atoms with van der Waals surface area (Å²) in [6.07, 6.45) is 4.35. The van der Waals surface area contributed by atoms with Crippen molar-refractivity contribution < 1.29 is 19.1 Å². The second kappa shape index (κ2) is 6.47. The number of hydrogen-bond acceptors (Lipinski definition) is 4. The van der Waals surface area contributed by atoms with Crippen molar-refractivity contribution in [2.24, 2.45) is 10.8 Å². The monoisotopic (exact) mass is 448 g/mol. The van der Waals surface area contributed by atoms with Gasteiger partial charge in [0.25, 0.3) is 0 Å². The highest BCUT2D eigenvalue weighted by Crippen LogP contribution is 2.75. The summed E-state index contributed by atoms with van der Waals surface area (Å²) in [6.45, 7) is 3.84. The van der Waals surface area contributed by atoms with Gasteiger partial charge in [-0.15, -0.1) is 11.6 Å². The smallest absolute Gasteiger partial charge is 0.308 e. The molecule has 1 amide bonds. The van der Waals surface area contributed by atoms with Gasteiger partial charge in [-0.2, -0.15) is 0 Å². The van der Waals surface area contributed by atoms with Crippen molar-refractivity contribution in [3.63, 3.8) is 0 Å². The summed E-state index contributed by atoms with van der Waals surface area (Å²) in [5.74, 6) is 0.393. The van der Waals surface area contributed by atoms with E-state index in [0.29, 0.717) is 43.9 Å². The minimum absolute atomic E-state index is 0.00205. The Bertz CT molecular complexity index is 1100. The molecular formula is C22H22Cl2N2O4. The number of benzene rings is 1. The van der Waals surface area contributed by atoms with Crippen LogP contribution < -0.4 is 9.64 Å². The zero-order valence-corrected chi connectivity index (χ0v) is 18.3. The number of nitrogens with zero attached hydrogens (tertiary/aromatic N) is 1. The molecule has 0 radical (unpaired) electrons. The first kappa shape index (κ1) is 19.9. The van der Waals surface area contributed by atoms with E-state index in [4.69, 9.17) is 27.9 Å². The van der Waals surface area contributed by atoms with Crippen molar-refractivity contribution in [2.75, 3.05) is 17.3 Å². The topological polar surface area (TPSA) is 79.5 Å². The van der Waals surface area contributed by atoms with Crippen molar-refractivity contribution in [1.29, 1.82) is 0 Å². The van der Waals surface area contributed by atoms with Gasteiger partial charge in [0.2, 0.25) is 11.1 Å². The molecule has 8 heteroatoms. The van der Waals surface area contributed by atoms with Crippen molar-refractivity contribution in [2.45, 2.75) is 45.4 Å². The average molecular weight is 449 g/mol. The number of aromatic nitrogens is 1. The molecule has 0 unspecified atom stereocenters. The zero-order chi connectivity index (χ0) is 21.4. The molecule has 3 fully saturated rings. The van der Waals surface area contributed by atoms with E-state index in [1.807, 2.05) is 13.1 Å². The van der Waals surface area contributed by atoms with Crippen molar-refractivity contribution in [1.82, 2.24) is 4.98 Å². The Kier molecular flexibility index (Phi) is 4.29. The summed E-state index contributed by atoms with van der Waals surface area (Å²) in [7, 11) is 0. The van der Waals surface area contributed by atoms with Gasteiger partial charge < -0.3 is 14.6 Å². The van der Waals surface area contributed by atoms with Crippen LogP contribution in [0, 0.1) is 17.8 Å². The number of alkyl halides is 1. The second-order valence-corrected chi connectivity index (χ2v) is 9.89. The lowest BCUT2D eigenvalue weighted by atomic mass is 9.34. The molecule has 6 rings (SSSR count). The lowest BCUT2D eigenvalue weighted by Crippen LogP contribution is -2.65. The molecule has 1 atom stereocenters. The van der Waals surface area contributed by atoms with Crippen LogP contribution in [0.2, 0.25) is 0 Å². The van der Waals surface area contributed by atoms with Crippen molar-refractivity contribution >= 4 is 56.9 Å². The number of aryl methyl sites for hydroxylation is 1. The number of carbonyl (C=O) groups is 3. The SMILES string of the molecule is CC(=O)Oc1cc2c(c3c(C)c[nH]c13)[C@H](CCl)CN2C(=O)CC12CC(C(=O)Cl)(C1)C2. The minimum Gasteiger partial charge on any atom is -0.424 e. The van der Waals surface area contributed by atoms with Crippen molar-refractivity contribution in [3.05, 3.63) is 23.4 Å². The molecule has 2 bridgehead atoms. The lowest BCUT2D eigenvalue weighted by Gasteiger charge is -2.68. The van der Waals surface area contributed by atoms with E-state index >= 15 is 0 Å². The molecule has 1 aromatic heterocycles. The van der Waals surface area contributed by atoms with Crippen LogP contribution in [0.5, 0.6) is 5.75 Å². The van der Waals surface area contributed by atoms with Crippen LogP contribution in [-0.2, 0) is 14.4 Å². The number of carbonyl (C=O) groups excluding carboxylic acids is 3. The molecule has 6 nitrogen and oxygen atoms in total. The highest BCUT2D eigenvalue weighted by molar-refractivity contribution is 6.65. The van der Waals surface area contributed by atoms with Crippen LogP contribution in [0.15, 0.2) is 12.3 Å². The fourth-order valence-electron chi connectivity index (χ4n) is 5.92. The van der Waals surface area contributed by atoms with E-state index in [1.54, 1.807) is 11.0 Å². The van der Waals surface area contributed by atoms with Gasteiger partial charge >= 0.3 is 5.97 Å². The molecule has 1 N–H and O–H groups in total. The first-order valence-corrected chi connectivity index (χ1v) is 11.0. The highest BCUT2D eigenvalue weighted by atomic mass is 35.5. The maximum atomic E-state index is 13.3. The molecule has 0 saturated heterocycles. The summed E-state index contributed by atoms with van der Waals surface area (Å²) in [5, 5.41) is 0.684. The maximum absolute atomic E-state index is 13.3. The second-order valence-electron chi connectivity index (χ2n) is 9.24. The third-order valence-electron chi connectivity index (χ3n) is 7.06. The van der Waals surface area contributed by atoms with Crippen LogP contribution >= 0.6 is 23.2 Å². The van der Waals surface area contributed by atoms with Crippen molar-refractivity contribution in [3.8, 4) is 5.75 Å². The molecule has 3 saturated carbocycles. The Morgan fingerprint density at radius 2 is 2.00 bits per heavy atom. The Morgan fingerprint density at radius 1 is 1.30 bits per heavy atom. The summed E-state index contributed by atoms with van der Waals surface area (Å²) in [6, 6.07) is 1.77. The minimum atomic E-state index is -0.418. The van der Waals surface area contributed by atoms with E-state index in [-0.39, 0.29) is 27.9 Å². The summed E-state index contributed by atoms with van der Waals surface area (Å²) >= 11 is 12.0. The molecular weight excluding hydrogens is 427 g/mol. The van der Waals surface area contributed by atoms with Crippen LogP contribution in [0.3, 0.4) is 0 Å². The molecule has 2 heterocycles. The number of halogens is 2. The number of aromatic amines is 1. The third kappa shape index (κ3) is 2.66. The van der Waals surface area contributed by atoms with Crippen LogP contribution in [-0.4, -0.2) is 34.5 Å². The predicted molar refractivity (Wildman–Crippen MR) is 114 cm³/mol. The largest absolute Gasteiger partial charge is 0.424 e. The number of rotatable bonds is 5. The Balaban J connectivity index is 1.51. The molecule has 3 aliphatic carbocycles. The van der Waals surface area contributed by atoms with Gasteiger partial charge in [0.05, 0.1) is 11.2 Å². The van der Waals surface area contributed by atoms with Gasteiger partial charge in [-0.3, -0.25) is 14.4 Å². The predicted octanol–water partition coefficient (Wildman–Crippen LogP) is 4.40. The Hall–Kier alpha value is -2.05. The number of anilines is 1. The molecule has 0 spiro atoms. The van der Waals surface area contributed by atoms with E-state index < -0.39 is 5.97 Å². The van der Waals surface area contributed by atoms with E-state index in [1.165, 1.54) is 6.92 Å². The fraction of sp³-hybridized carbons (Fsp3) is 0.500. The standard InChI is InChI=1S/C22H22Cl2N2O4/c1-11-6-25-19-15(30-12(2)27)3-14-18(17(11)19)13(5-23)7-26(14)16(28)4-21-8-22(9-21,10-21)20(24)29/h3,6,13,25H,4-5,7-10H2,1-2H3/t13-,21?,22?/m1/s1. The maximum Gasteiger partial charge on any atom is 0.308 e. The third-order valence-corrected chi connectivity index (χ3v) is 7.84. The molecule has 1 aliphatic heterocycles. The molecule has 1 aromatic carbocycles.